The zero-order chi connectivity index (χ0) is 20.3. The molecular weight excluding hydrogens is 398 g/mol. The number of aromatic carboxylic acids is 1. The Bertz CT molecular complexity index is 998. The summed E-state index contributed by atoms with van der Waals surface area (Å²) in [6.45, 7) is 4.00. The average molecular weight is 413 g/mol. The number of phenols is 1. The fraction of sp³-hybridized carbons (Fsp3) is 0.0500. The van der Waals surface area contributed by atoms with E-state index in [1.807, 2.05) is 12.1 Å². The normalized spacial score (nSPS) is 15.1. The molecular formula is C20H15NO5S2. The summed E-state index contributed by atoms with van der Waals surface area (Å²) in [5.41, 5.74) is 0.781. The highest BCUT2D eigenvalue weighted by Crippen LogP contribution is 2.37. The molecule has 142 valence electrons. The van der Waals surface area contributed by atoms with Crippen LogP contribution in [0.3, 0.4) is 0 Å². The molecule has 0 radical (unpaired) electrons. The number of carboxylic acid groups (broad SMARTS) is 1. The van der Waals surface area contributed by atoms with E-state index in [4.69, 9.17) is 22.1 Å². The van der Waals surface area contributed by atoms with Crippen LogP contribution in [-0.4, -0.2) is 33.0 Å². The first-order valence-electron chi connectivity index (χ1n) is 8.08. The third-order valence-electron chi connectivity index (χ3n) is 3.81. The third-order valence-corrected chi connectivity index (χ3v) is 5.11. The minimum absolute atomic E-state index is 0.282. The van der Waals surface area contributed by atoms with Crippen LogP contribution in [0.2, 0.25) is 0 Å². The number of rotatable bonds is 6. The lowest BCUT2D eigenvalue weighted by Gasteiger charge is -2.15. The van der Waals surface area contributed by atoms with Crippen LogP contribution >= 0.6 is 24.0 Å². The number of ether oxygens (including phenoxy) is 1. The van der Waals surface area contributed by atoms with E-state index >= 15 is 0 Å². The fourth-order valence-electron chi connectivity index (χ4n) is 2.49. The Morgan fingerprint density at radius 3 is 2.61 bits per heavy atom. The molecule has 0 aromatic heterocycles. The average Bonchev–Trinajstić information content (AvgIpc) is 2.95. The summed E-state index contributed by atoms with van der Waals surface area (Å²) in [5.74, 6) is -1.34. The molecule has 0 atom stereocenters. The first-order valence-corrected chi connectivity index (χ1v) is 9.31. The predicted octanol–water partition coefficient (Wildman–Crippen LogP) is 4.06. The molecule has 0 bridgehead atoms. The quantitative estimate of drug-likeness (QED) is 0.419. The SMILES string of the molecule is C=CCOc1ccc(C=C2SC(=S)N(c3ccc(O)c(C(=O)O)c3)C2=O)cc1. The molecule has 0 aliphatic carbocycles. The Morgan fingerprint density at radius 1 is 1.25 bits per heavy atom. The maximum atomic E-state index is 12.8. The Hall–Kier alpha value is -3.10. The van der Waals surface area contributed by atoms with E-state index in [1.54, 1.807) is 24.3 Å². The number of carbonyl (C=O) groups is 2. The van der Waals surface area contributed by atoms with Crippen molar-refractivity contribution in [2.24, 2.45) is 0 Å². The summed E-state index contributed by atoms with van der Waals surface area (Å²) < 4.78 is 5.71. The second-order valence-corrected chi connectivity index (χ2v) is 7.37. The molecule has 3 rings (SSSR count). The standard InChI is InChI=1S/C20H15NO5S2/c1-2-9-26-14-6-3-12(4-7-14)10-17-18(23)21(20(27)28-17)13-5-8-16(22)15(11-13)19(24)25/h2-8,10-11,22H,1,9H2,(H,24,25). The van der Waals surface area contributed by atoms with Gasteiger partial charge < -0.3 is 14.9 Å². The first kappa shape index (κ1) is 19.7. The highest BCUT2D eigenvalue weighted by Gasteiger charge is 2.33. The zero-order valence-electron chi connectivity index (χ0n) is 14.5. The van der Waals surface area contributed by atoms with Crippen LogP contribution in [0.15, 0.2) is 60.0 Å². The summed E-state index contributed by atoms with van der Waals surface area (Å²) in [7, 11) is 0. The molecule has 0 saturated carbocycles. The van der Waals surface area contributed by atoms with Gasteiger partial charge in [0.05, 0.1) is 10.6 Å². The van der Waals surface area contributed by atoms with E-state index in [0.717, 1.165) is 17.3 Å². The first-order chi connectivity index (χ1) is 13.4. The van der Waals surface area contributed by atoms with Gasteiger partial charge in [0.2, 0.25) is 0 Å². The van der Waals surface area contributed by atoms with Crippen molar-refractivity contribution in [3.63, 3.8) is 0 Å². The minimum Gasteiger partial charge on any atom is -0.507 e. The van der Waals surface area contributed by atoms with E-state index in [0.29, 0.717) is 17.3 Å². The van der Waals surface area contributed by atoms with Crippen molar-refractivity contribution in [3.05, 3.63) is 71.2 Å². The Kier molecular flexibility index (Phi) is 5.81. The topological polar surface area (TPSA) is 87.1 Å². The van der Waals surface area contributed by atoms with Crippen LogP contribution in [0.1, 0.15) is 15.9 Å². The van der Waals surface area contributed by atoms with Gasteiger partial charge in [-0.1, -0.05) is 48.8 Å². The smallest absolute Gasteiger partial charge is 0.339 e. The van der Waals surface area contributed by atoms with Gasteiger partial charge in [0.25, 0.3) is 5.91 Å². The molecule has 1 heterocycles. The van der Waals surface area contributed by atoms with Gasteiger partial charge in [0, 0.05) is 0 Å². The third kappa shape index (κ3) is 4.08. The van der Waals surface area contributed by atoms with E-state index in [9.17, 15) is 14.7 Å². The van der Waals surface area contributed by atoms with Crippen molar-refractivity contribution in [1.29, 1.82) is 0 Å². The van der Waals surface area contributed by atoms with Crippen LogP contribution in [-0.2, 0) is 4.79 Å². The van der Waals surface area contributed by atoms with Crippen molar-refractivity contribution < 1.29 is 24.5 Å². The predicted molar refractivity (Wildman–Crippen MR) is 113 cm³/mol. The Morgan fingerprint density at radius 2 is 1.96 bits per heavy atom. The zero-order valence-corrected chi connectivity index (χ0v) is 16.1. The number of aromatic hydroxyl groups is 1. The maximum absolute atomic E-state index is 12.8. The molecule has 2 N–H and O–H groups in total. The van der Waals surface area contributed by atoms with Gasteiger partial charge in [-0.15, -0.1) is 0 Å². The van der Waals surface area contributed by atoms with Crippen LogP contribution in [0.25, 0.3) is 6.08 Å². The molecule has 8 heteroatoms. The molecule has 2 aromatic rings. The number of thiocarbonyl (C=S) groups is 1. The van der Waals surface area contributed by atoms with Crippen molar-refractivity contribution >= 4 is 51.9 Å². The Labute approximate surface area is 170 Å². The molecule has 1 amide bonds. The van der Waals surface area contributed by atoms with Crippen molar-refractivity contribution in [2.45, 2.75) is 0 Å². The number of benzene rings is 2. The second kappa shape index (κ2) is 8.28. The molecule has 1 aliphatic rings. The molecule has 1 saturated heterocycles. The monoisotopic (exact) mass is 413 g/mol. The van der Waals surface area contributed by atoms with Gasteiger partial charge in [-0.25, -0.2) is 4.79 Å². The van der Waals surface area contributed by atoms with Gasteiger partial charge >= 0.3 is 5.97 Å². The van der Waals surface area contributed by atoms with Crippen LogP contribution < -0.4 is 9.64 Å². The summed E-state index contributed by atoms with van der Waals surface area (Å²) >= 11 is 6.41. The number of anilines is 1. The molecule has 1 fully saturated rings. The van der Waals surface area contributed by atoms with E-state index in [-0.39, 0.29) is 27.2 Å². The Balaban J connectivity index is 1.85. The number of carboxylic acids is 1. The molecule has 1 aliphatic heterocycles. The van der Waals surface area contributed by atoms with Crippen LogP contribution in [0.4, 0.5) is 5.69 Å². The fourth-order valence-corrected chi connectivity index (χ4v) is 3.79. The van der Waals surface area contributed by atoms with Crippen molar-refractivity contribution in [1.82, 2.24) is 0 Å². The van der Waals surface area contributed by atoms with E-state index < -0.39 is 5.97 Å². The summed E-state index contributed by atoms with van der Waals surface area (Å²) in [5, 5.41) is 18.8. The summed E-state index contributed by atoms with van der Waals surface area (Å²) in [4.78, 5) is 25.7. The van der Waals surface area contributed by atoms with Gasteiger partial charge in [0.1, 0.15) is 23.7 Å². The lowest BCUT2D eigenvalue weighted by Crippen LogP contribution is -2.27. The van der Waals surface area contributed by atoms with Crippen molar-refractivity contribution in [3.8, 4) is 11.5 Å². The molecule has 2 aromatic carbocycles. The molecule has 28 heavy (non-hydrogen) atoms. The highest BCUT2D eigenvalue weighted by molar-refractivity contribution is 8.27. The number of nitrogens with zero attached hydrogens (tertiary/aromatic N) is 1. The van der Waals surface area contributed by atoms with Crippen molar-refractivity contribution in [2.75, 3.05) is 11.5 Å². The molecule has 0 unspecified atom stereocenters. The van der Waals surface area contributed by atoms with Gasteiger partial charge in [-0.2, -0.15) is 0 Å². The number of amides is 1. The lowest BCUT2D eigenvalue weighted by molar-refractivity contribution is -0.113. The second-order valence-electron chi connectivity index (χ2n) is 5.69. The largest absolute Gasteiger partial charge is 0.507 e. The summed E-state index contributed by atoms with van der Waals surface area (Å²) in [6, 6.07) is 11.1. The van der Waals surface area contributed by atoms with Gasteiger partial charge in [-0.05, 0) is 42.0 Å². The maximum Gasteiger partial charge on any atom is 0.339 e. The van der Waals surface area contributed by atoms with Gasteiger partial charge in [-0.3, -0.25) is 9.69 Å². The van der Waals surface area contributed by atoms with E-state index in [1.165, 1.54) is 23.1 Å². The van der Waals surface area contributed by atoms with Crippen LogP contribution in [0, 0.1) is 0 Å². The van der Waals surface area contributed by atoms with Gasteiger partial charge in [0.15, 0.2) is 4.32 Å². The molecule has 6 nitrogen and oxygen atoms in total. The number of hydrogen-bond acceptors (Lipinski definition) is 6. The molecule has 0 spiro atoms. The number of carbonyl (C=O) groups excluding carboxylic acids is 1. The minimum atomic E-state index is -1.29. The number of thioether (sulfide) groups is 1. The van der Waals surface area contributed by atoms with E-state index in [2.05, 4.69) is 6.58 Å². The highest BCUT2D eigenvalue weighted by atomic mass is 32.2. The lowest BCUT2D eigenvalue weighted by atomic mass is 10.1. The van der Waals surface area contributed by atoms with Crippen LogP contribution in [0.5, 0.6) is 11.5 Å². The summed E-state index contributed by atoms with van der Waals surface area (Å²) in [6.07, 6.45) is 3.35. The number of hydrogen-bond donors (Lipinski definition) is 2.